The van der Waals surface area contributed by atoms with Crippen molar-refractivity contribution < 1.29 is 19.4 Å². The van der Waals surface area contributed by atoms with Gasteiger partial charge in [-0.1, -0.05) is 30.3 Å². The molecule has 0 radical (unpaired) electrons. The Bertz CT molecular complexity index is 492. The maximum absolute atomic E-state index is 12.2. The first-order chi connectivity index (χ1) is 10.1. The Hall–Kier alpha value is -2.08. The van der Waals surface area contributed by atoms with Crippen LogP contribution in [-0.4, -0.2) is 59.7 Å². The maximum atomic E-state index is 12.2. The van der Waals surface area contributed by atoms with Gasteiger partial charge < -0.3 is 14.7 Å². The Morgan fingerprint density at radius 1 is 1.33 bits per heavy atom. The number of carbonyl (C=O) groups excluding carboxylic acids is 2. The molecule has 1 unspecified atom stereocenters. The fourth-order valence-electron chi connectivity index (χ4n) is 2.33. The van der Waals surface area contributed by atoms with Crippen molar-refractivity contribution in [1.29, 1.82) is 0 Å². The summed E-state index contributed by atoms with van der Waals surface area (Å²) in [6.45, 7) is 0.917. The number of amides is 2. The van der Waals surface area contributed by atoms with Gasteiger partial charge in [-0.2, -0.15) is 0 Å². The van der Waals surface area contributed by atoms with Crippen LogP contribution in [0.1, 0.15) is 12.0 Å². The van der Waals surface area contributed by atoms with Gasteiger partial charge in [0.25, 0.3) is 0 Å². The van der Waals surface area contributed by atoms with Crippen LogP contribution in [-0.2, 0) is 16.1 Å². The van der Waals surface area contributed by atoms with Gasteiger partial charge in [-0.25, -0.2) is 4.79 Å². The molecule has 1 atom stereocenters. The molecule has 21 heavy (non-hydrogen) atoms. The first kappa shape index (κ1) is 15.3. The van der Waals surface area contributed by atoms with E-state index in [-0.39, 0.29) is 25.5 Å². The second kappa shape index (κ2) is 7.08. The summed E-state index contributed by atoms with van der Waals surface area (Å²) in [6.07, 6.45) is -0.289. The molecule has 1 aliphatic rings. The molecule has 6 nitrogen and oxygen atoms in total. The van der Waals surface area contributed by atoms with Crippen LogP contribution in [0.4, 0.5) is 4.79 Å². The molecule has 0 spiro atoms. The van der Waals surface area contributed by atoms with Crippen LogP contribution in [0.3, 0.4) is 0 Å². The smallest absolute Gasteiger partial charge is 0.410 e. The summed E-state index contributed by atoms with van der Waals surface area (Å²) in [4.78, 5) is 27.2. The van der Waals surface area contributed by atoms with E-state index in [1.54, 1.807) is 11.9 Å². The number of nitrogens with zero attached hydrogens (tertiary/aromatic N) is 2. The molecule has 6 heteroatoms. The molecular weight excluding hydrogens is 272 g/mol. The van der Waals surface area contributed by atoms with Gasteiger partial charge in [-0.3, -0.25) is 9.69 Å². The van der Waals surface area contributed by atoms with E-state index in [0.29, 0.717) is 13.1 Å². The second-order valence-electron chi connectivity index (χ2n) is 5.02. The number of benzene rings is 1. The number of carbonyl (C=O) groups is 2. The zero-order valence-corrected chi connectivity index (χ0v) is 12.1. The Labute approximate surface area is 123 Å². The third kappa shape index (κ3) is 3.72. The minimum absolute atomic E-state index is 0.146. The second-order valence-corrected chi connectivity index (χ2v) is 5.02. The van der Waals surface area contributed by atoms with E-state index in [2.05, 4.69) is 0 Å². The molecule has 2 amide bonds. The van der Waals surface area contributed by atoms with E-state index in [1.807, 2.05) is 30.3 Å². The van der Waals surface area contributed by atoms with Crippen molar-refractivity contribution in [3.63, 3.8) is 0 Å². The van der Waals surface area contributed by atoms with Crippen LogP contribution < -0.4 is 0 Å². The molecule has 114 valence electrons. The van der Waals surface area contributed by atoms with Gasteiger partial charge in [-0.15, -0.1) is 0 Å². The number of ether oxygens (including phenoxy) is 1. The average Bonchev–Trinajstić information content (AvgIpc) is 2.51. The number of likely N-dealkylation sites (N-methyl/N-ethyl adjacent to an activating group) is 1. The molecule has 1 aliphatic heterocycles. The number of piperazine rings is 1. The van der Waals surface area contributed by atoms with Gasteiger partial charge in [0.05, 0.1) is 0 Å². The Balaban J connectivity index is 1.98. The number of rotatable bonds is 4. The molecule has 1 saturated heterocycles. The topological polar surface area (TPSA) is 70.1 Å². The standard InChI is InChI=1S/C15H20N2O4/c1-16-8-9-17(13(7-10-18)14(16)19)15(20)21-11-12-5-3-2-4-6-12/h2-6,13,18H,7-11H2,1H3. The molecule has 1 fully saturated rings. The minimum Gasteiger partial charge on any atom is -0.445 e. The van der Waals surface area contributed by atoms with Gasteiger partial charge in [0.1, 0.15) is 12.6 Å². The summed E-state index contributed by atoms with van der Waals surface area (Å²) in [5, 5.41) is 9.08. The van der Waals surface area contributed by atoms with Crippen molar-refractivity contribution in [2.75, 3.05) is 26.7 Å². The molecule has 1 aromatic rings. The molecule has 0 saturated carbocycles. The fraction of sp³-hybridized carbons (Fsp3) is 0.467. The summed E-state index contributed by atoms with van der Waals surface area (Å²) in [5.74, 6) is -0.160. The third-order valence-corrected chi connectivity index (χ3v) is 3.56. The summed E-state index contributed by atoms with van der Waals surface area (Å²) >= 11 is 0. The highest BCUT2D eigenvalue weighted by Gasteiger charge is 2.36. The zero-order chi connectivity index (χ0) is 15.2. The first-order valence-electron chi connectivity index (χ1n) is 6.96. The Morgan fingerprint density at radius 2 is 2.05 bits per heavy atom. The number of hydrogen-bond acceptors (Lipinski definition) is 4. The quantitative estimate of drug-likeness (QED) is 0.893. The van der Waals surface area contributed by atoms with Crippen molar-refractivity contribution in [3.05, 3.63) is 35.9 Å². The Kier molecular flexibility index (Phi) is 5.16. The van der Waals surface area contributed by atoms with E-state index >= 15 is 0 Å². The predicted octanol–water partition coefficient (Wildman–Crippen LogP) is 0.848. The maximum Gasteiger partial charge on any atom is 0.410 e. The lowest BCUT2D eigenvalue weighted by Gasteiger charge is -2.38. The van der Waals surface area contributed by atoms with Crippen LogP contribution in [0, 0.1) is 0 Å². The van der Waals surface area contributed by atoms with E-state index in [1.165, 1.54) is 4.90 Å². The van der Waals surface area contributed by atoms with Gasteiger partial charge in [0.15, 0.2) is 0 Å². The SMILES string of the molecule is CN1CCN(C(=O)OCc2ccccc2)C(CCO)C1=O. The van der Waals surface area contributed by atoms with E-state index in [9.17, 15) is 9.59 Å². The lowest BCUT2D eigenvalue weighted by molar-refractivity contribution is -0.139. The fourth-order valence-corrected chi connectivity index (χ4v) is 2.33. The zero-order valence-electron chi connectivity index (χ0n) is 12.1. The lowest BCUT2D eigenvalue weighted by Crippen LogP contribution is -2.57. The molecule has 1 aromatic carbocycles. The van der Waals surface area contributed by atoms with Crippen molar-refractivity contribution in [2.45, 2.75) is 19.1 Å². The largest absolute Gasteiger partial charge is 0.445 e. The van der Waals surface area contributed by atoms with Crippen molar-refractivity contribution >= 4 is 12.0 Å². The molecule has 0 aromatic heterocycles. The highest BCUT2D eigenvalue weighted by Crippen LogP contribution is 2.15. The van der Waals surface area contributed by atoms with Crippen LogP contribution in [0.25, 0.3) is 0 Å². The van der Waals surface area contributed by atoms with Crippen LogP contribution in [0.2, 0.25) is 0 Å². The van der Waals surface area contributed by atoms with Crippen LogP contribution >= 0.6 is 0 Å². The molecule has 1 N–H and O–H groups in total. The van der Waals surface area contributed by atoms with Gasteiger partial charge in [-0.05, 0) is 5.56 Å². The van der Waals surface area contributed by atoms with Crippen molar-refractivity contribution in [2.24, 2.45) is 0 Å². The number of aliphatic hydroxyl groups excluding tert-OH is 1. The summed E-state index contributed by atoms with van der Waals surface area (Å²) in [5.41, 5.74) is 0.894. The van der Waals surface area contributed by atoms with Gasteiger partial charge in [0.2, 0.25) is 5.91 Å². The summed E-state index contributed by atoms with van der Waals surface area (Å²) < 4.78 is 5.26. The van der Waals surface area contributed by atoms with E-state index in [4.69, 9.17) is 9.84 Å². The summed E-state index contributed by atoms with van der Waals surface area (Å²) in [6, 6.07) is 8.73. The van der Waals surface area contributed by atoms with Crippen molar-refractivity contribution in [1.82, 2.24) is 9.80 Å². The third-order valence-electron chi connectivity index (χ3n) is 3.56. The van der Waals surface area contributed by atoms with Gasteiger partial charge >= 0.3 is 6.09 Å². The molecular formula is C15H20N2O4. The molecule has 0 aliphatic carbocycles. The number of hydrogen-bond donors (Lipinski definition) is 1. The highest BCUT2D eigenvalue weighted by molar-refractivity contribution is 5.86. The molecule has 1 heterocycles. The predicted molar refractivity (Wildman–Crippen MR) is 76.5 cm³/mol. The summed E-state index contributed by atoms with van der Waals surface area (Å²) in [7, 11) is 1.69. The Morgan fingerprint density at radius 3 is 2.71 bits per heavy atom. The van der Waals surface area contributed by atoms with Gasteiger partial charge in [0, 0.05) is 33.2 Å². The molecule has 0 bridgehead atoms. The minimum atomic E-state index is -0.642. The monoisotopic (exact) mass is 292 g/mol. The van der Waals surface area contributed by atoms with E-state index in [0.717, 1.165) is 5.56 Å². The van der Waals surface area contributed by atoms with Crippen LogP contribution in [0.5, 0.6) is 0 Å². The highest BCUT2D eigenvalue weighted by atomic mass is 16.6. The first-order valence-corrected chi connectivity index (χ1v) is 6.96. The van der Waals surface area contributed by atoms with Crippen LogP contribution in [0.15, 0.2) is 30.3 Å². The number of aliphatic hydroxyl groups is 1. The average molecular weight is 292 g/mol. The van der Waals surface area contributed by atoms with E-state index < -0.39 is 12.1 Å². The molecule has 2 rings (SSSR count). The van der Waals surface area contributed by atoms with Crippen molar-refractivity contribution in [3.8, 4) is 0 Å². The normalized spacial score (nSPS) is 18.8. The lowest BCUT2D eigenvalue weighted by atomic mass is 10.1.